The Kier molecular flexibility index (Phi) is 6.28. The number of piperazine rings is 1. The minimum absolute atomic E-state index is 0. The maximum atomic E-state index is 14.2. The van der Waals surface area contributed by atoms with Gasteiger partial charge in [-0.05, 0) is 18.6 Å². The van der Waals surface area contributed by atoms with Crippen LogP contribution in [0.3, 0.4) is 0 Å². The van der Waals surface area contributed by atoms with Crippen LogP contribution in [0.5, 0.6) is 0 Å². The fraction of sp³-hybridized carbons (Fsp3) is 0.538. The van der Waals surface area contributed by atoms with Crippen LogP contribution in [0, 0.1) is 12.7 Å². The summed E-state index contributed by atoms with van der Waals surface area (Å²) >= 11 is 5.84. The van der Waals surface area contributed by atoms with E-state index in [0.29, 0.717) is 13.1 Å². The second-order valence-electron chi connectivity index (χ2n) is 4.82. The Balaban J connectivity index is 0.00000220. The minimum Gasteiger partial charge on any atom is -0.314 e. The molecule has 1 N–H and O–H groups in total. The van der Waals surface area contributed by atoms with Crippen LogP contribution in [0.4, 0.5) is 17.6 Å². The highest BCUT2D eigenvalue weighted by molar-refractivity contribution is 6.31. The van der Waals surface area contributed by atoms with Gasteiger partial charge < -0.3 is 5.32 Å². The molecule has 1 saturated heterocycles. The van der Waals surface area contributed by atoms with Crippen LogP contribution in [0.2, 0.25) is 5.02 Å². The Morgan fingerprint density at radius 3 is 2.33 bits per heavy atom. The largest absolute Gasteiger partial charge is 0.408 e. The Labute approximate surface area is 131 Å². The number of nitrogens with one attached hydrogen (secondary N) is 1. The minimum atomic E-state index is -4.57. The molecule has 0 aromatic heterocycles. The lowest BCUT2D eigenvalue weighted by atomic mass is 10.0. The van der Waals surface area contributed by atoms with Gasteiger partial charge >= 0.3 is 6.18 Å². The first-order chi connectivity index (χ1) is 9.32. The first kappa shape index (κ1) is 18.5. The summed E-state index contributed by atoms with van der Waals surface area (Å²) in [7, 11) is 0. The molecule has 1 fully saturated rings. The van der Waals surface area contributed by atoms with Crippen LogP contribution in [0.15, 0.2) is 12.1 Å². The highest BCUT2D eigenvalue weighted by Gasteiger charge is 2.47. The first-order valence-electron chi connectivity index (χ1n) is 6.28. The molecule has 0 saturated carbocycles. The Morgan fingerprint density at radius 1 is 1.24 bits per heavy atom. The van der Waals surface area contributed by atoms with Gasteiger partial charge in [0.2, 0.25) is 0 Å². The highest BCUT2D eigenvalue weighted by atomic mass is 35.5. The smallest absolute Gasteiger partial charge is 0.314 e. The summed E-state index contributed by atoms with van der Waals surface area (Å²) in [6, 6.07) is 0.694. The van der Waals surface area contributed by atoms with E-state index >= 15 is 0 Å². The quantitative estimate of drug-likeness (QED) is 0.821. The molecule has 0 radical (unpaired) electrons. The number of alkyl halides is 3. The maximum absolute atomic E-state index is 14.2. The Hall–Kier alpha value is -0.560. The van der Waals surface area contributed by atoms with Crippen molar-refractivity contribution in [3.8, 4) is 0 Å². The van der Waals surface area contributed by atoms with Gasteiger partial charge in [0.1, 0.15) is 11.9 Å². The summed E-state index contributed by atoms with van der Waals surface area (Å²) < 4.78 is 54.4. The first-order valence-corrected chi connectivity index (χ1v) is 6.66. The Bertz CT molecular complexity index is 488. The summed E-state index contributed by atoms with van der Waals surface area (Å²) in [6.07, 6.45) is -4.57. The van der Waals surface area contributed by atoms with Gasteiger partial charge in [-0.25, -0.2) is 4.39 Å². The van der Waals surface area contributed by atoms with E-state index in [0.717, 1.165) is 0 Å². The zero-order valence-corrected chi connectivity index (χ0v) is 12.9. The molecule has 120 valence electrons. The number of benzene rings is 1. The molecule has 2 nitrogen and oxygen atoms in total. The lowest BCUT2D eigenvalue weighted by Gasteiger charge is -2.36. The second kappa shape index (κ2) is 7.13. The molecule has 1 atom stereocenters. The summed E-state index contributed by atoms with van der Waals surface area (Å²) in [4.78, 5) is 1.22. The van der Waals surface area contributed by atoms with E-state index in [-0.39, 0.29) is 36.1 Å². The van der Waals surface area contributed by atoms with Crippen molar-refractivity contribution < 1.29 is 17.6 Å². The molecular formula is C13H16Cl2F4N2. The zero-order valence-electron chi connectivity index (χ0n) is 11.3. The molecule has 1 heterocycles. The number of rotatable bonds is 2. The van der Waals surface area contributed by atoms with Crippen molar-refractivity contribution in [2.24, 2.45) is 0 Å². The molecule has 21 heavy (non-hydrogen) atoms. The van der Waals surface area contributed by atoms with Crippen molar-refractivity contribution in [2.45, 2.75) is 19.1 Å². The third-order valence-electron chi connectivity index (χ3n) is 3.42. The molecule has 8 heteroatoms. The van der Waals surface area contributed by atoms with Crippen molar-refractivity contribution >= 4 is 24.0 Å². The van der Waals surface area contributed by atoms with Crippen molar-refractivity contribution in [3.05, 3.63) is 34.1 Å². The van der Waals surface area contributed by atoms with Gasteiger partial charge in [0.25, 0.3) is 0 Å². The van der Waals surface area contributed by atoms with Crippen molar-refractivity contribution in [2.75, 3.05) is 26.2 Å². The van der Waals surface area contributed by atoms with E-state index in [4.69, 9.17) is 11.6 Å². The summed E-state index contributed by atoms with van der Waals surface area (Å²) in [5.74, 6) is -0.877. The van der Waals surface area contributed by atoms with Crippen LogP contribution < -0.4 is 5.32 Å². The van der Waals surface area contributed by atoms with E-state index in [1.54, 1.807) is 0 Å². The van der Waals surface area contributed by atoms with Crippen LogP contribution in [-0.4, -0.2) is 37.3 Å². The van der Waals surface area contributed by atoms with Gasteiger partial charge in [0.15, 0.2) is 0 Å². The topological polar surface area (TPSA) is 15.3 Å². The molecule has 0 bridgehead atoms. The van der Waals surface area contributed by atoms with Crippen LogP contribution in [-0.2, 0) is 0 Å². The third kappa shape index (κ3) is 4.00. The predicted molar refractivity (Wildman–Crippen MR) is 76.6 cm³/mol. The summed E-state index contributed by atoms with van der Waals surface area (Å²) in [6.45, 7) is 2.72. The molecule has 0 unspecified atom stereocenters. The monoisotopic (exact) mass is 346 g/mol. The van der Waals surface area contributed by atoms with Gasteiger partial charge in [-0.1, -0.05) is 17.7 Å². The molecule has 1 aromatic carbocycles. The normalized spacial score (nSPS) is 18.2. The van der Waals surface area contributed by atoms with Crippen molar-refractivity contribution in [1.82, 2.24) is 10.2 Å². The molecular weight excluding hydrogens is 331 g/mol. The zero-order chi connectivity index (χ0) is 14.9. The van der Waals surface area contributed by atoms with Crippen molar-refractivity contribution in [3.63, 3.8) is 0 Å². The highest BCUT2D eigenvalue weighted by Crippen LogP contribution is 2.42. The van der Waals surface area contributed by atoms with Gasteiger partial charge in [0.05, 0.1) is 0 Å². The van der Waals surface area contributed by atoms with Gasteiger partial charge in [0, 0.05) is 36.8 Å². The number of aryl methyl sites for hydroxylation is 1. The van der Waals surface area contributed by atoms with E-state index < -0.39 is 23.6 Å². The SMILES string of the molecule is Cc1ccc(Cl)c([C@@H](N2CCNCC2)C(F)(F)F)c1F.Cl. The van der Waals surface area contributed by atoms with Gasteiger partial charge in [-0.3, -0.25) is 4.90 Å². The maximum Gasteiger partial charge on any atom is 0.408 e. The van der Waals surface area contributed by atoms with Crippen molar-refractivity contribution in [1.29, 1.82) is 0 Å². The summed E-state index contributed by atoms with van der Waals surface area (Å²) in [5, 5.41) is 2.79. The average molecular weight is 347 g/mol. The summed E-state index contributed by atoms with van der Waals surface area (Å²) in [5.41, 5.74) is -0.310. The molecule has 0 aliphatic carbocycles. The fourth-order valence-corrected chi connectivity index (χ4v) is 2.67. The third-order valence-corrected chi connectivity index (χ3v) is 3.75. The van der Waals surface area contributed by atoms with E-state index in [1.807, 2.05) is 0 Å². The van der Waals surface area contributed by atoms with Crippen LogP contribution in [0.1, 0.15) is 17.2 Å². The van der Waals surface area contributed by atoms with E-state index in [2.05, 4.69) is 5.32 Å². The molecule has 1 aromatic rings. The standard InChI is InChI=1S/C13H15ClF4N2.ClH/c1-8-2-3-9(14)10(11(8)15)12(13(16,17)18)20-6-4-19-5-7-20;/h2-3,12,19H,4-7H2,1H3;1H/t12-;/m1./s1. The lowest BCUT2D eigenvalue weighted by Crippen LogP contribution is -2.49. The molecule has 1 aliphatic heterocycles. The number of hydrogen-bond donors (Lipinski definition) is 1. The molecule has 0 amide bonds. The second-order valence-corrected chi connectivity index (χ2v) is 5.23. The predicted octanol–water partition coefficient (Wildman–Crippen LogP) is 3.72. The Morgan fingerprint density at radius 2 is 1.81 bits per heavy atom. The number of halogens is 6. The van der Waals surface area contributed by atoms with Gasteiger partial charge in [-0.2, -0.15) is 13.2 Å². The van der Waals surface area contributed by atoms with Crippen LogP contribution in [0.25, 0.3) is 0 Å². The number of nitrogens with zero attached hydrogens (tertiary/aromatic N) is 1. The fourth-order valence-electron chi connectivity index (χ4n) is 2.42. The molecule has 2 rings (SSSR count). The molecule has 1 aliphatic rings. The lowest BCUT2D eigenvalue weighted by molar-refractivity contribution is -0.188. The van der Waals surface area contributed by atoms with Crippen LogP contribution >= 0.6 is 24.0 Å². The van der Waals surface area contributed by atoms with Gasteiger partial charge in [-0.15, -0.1) is 12.4 Å². The average Bonchev–Trinajstić information content (AvgIpc) is 2.39. The van der Waals surface area contributed by atoms with E-state index in [9.17, 15) is 17.6 Å². The van der Waals surface area contributed by atoms with E-state index in [1.165, 1.54) is 24.0 Å². The molecule has 0 spiro atoms. The number of hydrogen-bond acceptors (Lipinski definition) is 2.